The molecule has 2 aliphatic rings. The van der Waals surface area contributed by atoms with Gasteiger partial charge in [-0.05, 0) is 0 Å². The lowest BCUT2D eigenvalue weighted by Gasteiger charge is -2.23. The van der Waals surface area contributed by atoms with Gasteiger partial charge in [-0.3, -0.25) is 10.2 Å². The second-order valence-electron chi connectivity index (χ2n) is 2.56. The molecule has 1 N–H and O–H groups in total. The molecular weight excluding hydrogens is 213 g/mol. The number of halogens is 2. The second kappa shape index (κ2) is 3.05. The third-order valence-electron chi connectivity index (χ3n) is 1.69. The molecule has 0 fully saturated rings. The first-order valence-corrected chi connectivity index (χ1v) is 4.29. The van der Waals surface area contributed by atoms with Crippen LogP contribution in [0.15, 0.2) is 27.6 Å². The van der Waals surface area contributed by atoms with Gasteiger partial charge in [0.25, 0.3) is 0 Å². The van der Waals surface area contributed by atoms with Crippen LogP contribution in [-0.4, -0.2) is 16.5 Å². The van der Waals surface area contributed by atoms with Crippen LogP contribution in [0.25, 0.3) is 0 Å². The van der Waals surface area contributed by atoms with Gasteiger partial charge in [-0.25, -0.2) is 9.52 Å². The number of hydrogen-bond donors (Lipinski definition) is 1. The number of allylic oxidation sites excluding steroid dienone is 2. The molecule has 6 heteroatoms. The van der Waals surface area contributed by atoms with Crippen LogP contribution >= 0.6 is 23.4 Å². The average Bonchev–Trinajstić information content (AvgIpc) is 2.02. The minimum Gasteiger partial charge on any atom is -0.294 e. The van der Waals surface area contributed by atoms with E-state index in [1.165, 1.54) is 12.4 Å². The minimum absolute atomic E-state index is 0.0523. The molecule has 0 saturated heterocycles. The molecular formula is C7H5Cl2N3O. The standard InChI is InChI=1S/C7H5Cl2N3O/c8-4-3-12(9)11-7-6(4)5(13)1-2-10-7/h2-3,11H,1H2. The normalized spacial score (nSPS) is 21.2. The highest BCUT2D eigenvalue weighted by Gasteiger charge is 2.25. The van der Waals surface area contributed by atoms with Crippen LogP contribution in [0.4, 0.5) is 0 Å². The second-order valence-corrected chi connectivity index (χ2v) is 3.33. The van der Waals surface area contributed by atoms with Crippen LogP contribution in [0.3, 0.4) is 0 Å². The minimum atomic E-state index is -0.0523. The van der Waals surface area contributed by atoms with Crippen molar-refractivity contribution in [1.29, 1.82) is 0 Å². The summed E-state index contributed by atoms with van der Waals surface area (Å²) in [4.78, 5) is 15.3. The Morgan fingerprint density at radius 2 is 2.38 bits per heavy atom. The summed E-state index contributed by atoms with van der Waals surface area (Å²) in [6.45, 7) is 0. The molecule has 2 aliphatic heterocycles. The predicted molar refractivity (Wildman–Crippen MR) is 49.9 cm³/mol. The lowest BCUT2D eigenvalue weighted by Crippen LogP contribution is -2.32. The van der Waals surface area contributed by atoms with Gasteiger partial charge in [0.2, 0.25) is 0 Å². The summed E-state index contributed by atoms with van der Waals surface area (Å²) < 4.78 is 1.14. The molecule has 0 aliphatic carbocycles. The summed E-state index contributed by atoms with van der Waals surface area (Å²) in [6, 6.07) is 0. The molecule has 0 unspecified atom stereocenters. The van der Waals surface area contributed by atoms with Crippen molar-refractivity contribution < 1.29 is 4.79 Å². The molecule has 0 aromatic carbocycles. The molecule has 0 atom stereocenters. The summed E-state index contributed by atoms with van der Waals surface area (Å²) >= 11 is 11.4. The van der Waals surface area contributed by atoms with Gasteiger partial charge in [-0.1, -0.05) is 11.6 Å². The molecule has 0 amide bonds. The first kappa shape index (κ1) is 8.59. The van der Waals surface area contributed by atoms with E-state index in [2.05, 4.69) is 10.4 Å². The summed E-state index contributed by atoms with van der Waals surface area (Å²) in [7, 11) is 0. The molecule has 0 radical (unpaired) electrons. The fourth-order valence-corrected chi connectivity index (χ4v) is 1.67. The van der Waals surface area contributed by atoms with Gasteiger partial charge < -0.3 is 0 Å². The van der Waals surface area contributed by atoms with Crippen LogP contribution in [-0.2, 0) is 4.79 Å². The monoisotopic (exact) mass is 217 g/mol. The van der Waals surface area contributed by atoms with Crippen molar-refractivity contribution in [2.24, 2.45) is 4.99 Å². The molecule has 13 heavy (non-hydrogen) atoms. The lowest BCUT2D eigenvalue weighted by atomic mass is 10.1. The smallest absolute Gasteiger partial charge is 0.173 e. The summed E-state index contributed by atoms with van der Waals surface area (Å²) in [5.41, 5.74) is 3.08. The quantitative estimate of drug-likeness (QED) is 0.623. The molecule has 0 bridgehead atoms. The SMILES string of the molecule is O=C1CC=NC2=C1C(Cl)=CN(Cl)N2. The number of hydrazine groups is 1. The molecule has 0 spiro atoms. The van der Waals surface area contributed by atoms with E-state index in [4.69, 9.17) is 23.4 Å². The lowest BCUT2D eigenvalue weighted by molar-refractivity contribution is -0.114. The molecule has 0 saturated carbocycles. The Hall–Kier alpha value is -1.00. The van der Waals surface area contributed by atoms with E-state index >= 15 is 0 Å². The van der Waals surface area contributed by atoms with Gasteiger partial charge in [-0.2, -0.15) is 0 Å². The Labute approximate surface area is 84.6 Å². The van der Waals surface area contributed by atoms with E-state index in [0.29, 0.717) is 16.4 Å². The van der Waals surface area contributed by atoms with Gasteiger partial charge in [0.05, 0.1) is 16.8 Å². The van der Waals surface area contributed by atoms with Crippen molar-refractivity contribution in [1.82, 2.24) is 9.95 Å². The van der Waals surface area contributed by atoms with Gasteiger partial charge in [0.15, 0.2) is 11.6 Å². The van der Waals surface area contributed by atoms with Gasteiger partial charge >= 0.3 is 0 Å². The Morgan fingerprint density at radius 1 is 1.62 bits per heavy atom. The van der Waals surface area contributed by atoms with Crippen molar-refractivity contribution >= 4 is 35.4 Å². The number of aliphatic imine (C=N–C) groups is 1. The third-order valence-corrected chi connectivity index (χ3v) is 2.16. The molecule has 0 aromatic heterocycles. The molecule has 2 rings (SSSR count). The number of nitrogens with one attached hydrogen (secondary N) is 1. The van der Waals surface area contributed by atoms with E-state index in [-0.39, 0.29) is 12.2 Å². The Morgan fingerprint density at radius 3 is 3.15 bits per heavy atom. The van der Waals surface area contributed by atoms with Crippen molar-refractivity contribution in [3.8, 4) is 0 Å². The summed E-state index contributed by atoms with van der Waals surface area (Å²) in [5.74, 6) is 0.349. The van der Waals surface area contributed by atoms with Gasteiger partial charge in [-0.15, -0.1) is 0 Å². The Balaban J connectivity index is 2.47. The number of carbonyl (C=O) groups is 1. The number of hydrogen-bond acceptors (Lipinski definition) is 4. The maximum atomic E-state index is 11.4. The molecule has 4 nitrogen and oxygen atoms in total. The van der Waals surface area contributed by atoms with E-state index in [1.54, 1.807) is 0 Å². The van der Waals surface area contributed by atoms with Crippen LogP contribution in [0.5, 0.6) is 0 Å². The highest BCUT2D eigenvalue weighted by Crippen LogP contribution is 2.27. The van der Waals surface area contributed by atoms with E-state index in [1.807, 2.05) is 0 Å². The van der Waals surface area contributed by atoms with Crippen LogP contribution in [0.1, 0.15) is 6.42 Å². The predicted octanol–water partition coefficient (Wildman–Crippen LogP) is 1.30. The fraction of sp³-hybridized carbons (Fsp3) is 0.143. The summed E-state index contributed by atoms with van der Waals surface area (Å²) in [6.07, 6.45) is 3.22. The van der Waals surface area contributed by atoms with Gasteiger partial charge in [0, 0.05) is 24.4 Å². The topological polar surface area (TPSA) is 44.7 Å². The number of Topliss-reactive ketones (excluding diaryl/α,β-unsaturated/α-hetero) is 1. The molecule has 2 heterocycles. The highest BCUT2D eigenvalue weighted by molar-refractivity contribution is 6.36. The van der Waals surface area contributed by atoms with Crippen molar-refractivity contribution in [3.63, 3.8) is 0 Å². The fourth-order valence-electron chi connectivity index (χ4n) is 1.15. The average molecular weight is 218 g/mol. The summed E-state index contributed by atoms with van der Waals surface area (Å²) in [5, 5.41) is 0.311. The number of nitrogens with zero attached hydrogens (tertiary/aromatic N) is 2. The Bertz CT molecular complexity index is 359. The Kier molecular flexibility index (Phi) is 2.01. The van der Waals surface area contributed by atoms with Crippen LogP contribution in [0.2, 0.25) is 0 Å². The molecule has 0 aromatic rings. The van der Waals surface area contributed by atoms with Crippen molar-refractivity contribution in [2.45, 2.75) is 6.42 Å². The van der Waals surface area contributed by atoms with Crippen molar-refractivity contribution in [2.75, 3.05) is 0 Å². The zero-order valence-electron chi connectivity index (χ0n) is 6.42. The van der Waals surface area contributed by atoms with Crippen molar-refractivity contribution in [3.05, 3.63) is 22.6 Å². The number of carbonyl (C=O) groups excluding carboxylic acids is 1. The first-order valence-electron chi connectivity index (χ1n) is 3.58. The molecule has 68 valence electrons. The van der Waals surface area contributed by atoms with E-state index in [0.717, 1.165) is 4.53 Å². The maximum Gasteiger partial charge on any atom is 0.173 e. The van der Waals surface area contributed by atoms with Crippen LogP contribution < -0.4 is 5.43 Å². The largest absolute Gasteiger partial charge is 0.294 e. The van der Waals surface area contributed by atoms with Crippen LogP contribution in [0, 0.1) is 0 Å². The number of rotatable bonds is 0. The maximum absolute atomic E-state index is 11.4. The zero-order valence-corrected chi connectivity index (χ0v) is 7.93. The number of ketones is 1. The van der Waals surface area contributed by atoms with E-state index < -0.39 is 0 Å². The third kappa shape index (κ3) is 1.43. The first-order chi connectivity index (χ1) is 6.18. The zero-order chi connectivity index (χ0) is 9.42. The van der Waals surface area contributed by atoms with E-state index in [9.17, 15) is 4.79 Å². The van der Waals surface area contributed by atoms with Gasteiger partial charge in [0.1, 0.15) is 0 Å². The highest BCUT2D eigenvalue weighted by atomic mass is 35.5.